The van der Waals surface area contributed by atoms with Crippen LogP contribution in [0, 0.1) is 10.8 Å². The van der Waals surface area contributed by atoms with Crippen molar-refractivity contribution in [1.82, 2.24) is 4.90 Å². The molecule has 0 aromatic heterocycles. The Labute approximate surface area is 267 Å². The van der Waals surface area contributed by atoms with Crippen molar-refractivity contribution in [2.24, 2.45) is 10.8 Å². The lowest BCUT2D eigenvalue weighted by atomic mass is 9.63. The predicted octanol–water partition coefficient (Wildman–Crippen LogP) is 9.06. The van der Waals surface area contributed by atoms with Crippen LogP contribution in [0.1, 0.15) is 76.8 Å². The number of carbonyl (C=O) groups is 2. The van der Waals surface area contributed by atoms with Crippen LogP contribution in [0.3, 0.4) is 0 Å². The molecule has 2 aromatic carbocycles. The normalized spacial score (nSPS) is 20.1. The molecule has 0 spiro atoms. The van der Waals surface area contributed by atoms with Crippen LogP contribution in [-0.2, 0) is 20.9 Å². The van der Waals surface area contributed by atoms with Gasteiger partial charge in [0.25, 0.3) is 0 Å². The molecule has 1 heterocycles. The Balaban J connectivity index is 1.58. The Morgan fingerprint density at radius 2 is 1.52 bits per heavy atom. The van der Waals surface area contributed by atoms with Crippen molar-refractivity contribution in [3.8, 4) is 5.75 Å². The molecule has 0 fully saturated rings. The summed E-state index contributed by atoms with van der Waals surface area (Å²) in [4.78, 5) is 30.3. The van der Waals surface area contributed by atoms with E-state index in [1.54, 1.807) is 19.2 Å². The fraction of sp³-hybridized carbons (Fsp3) is 0.471. The summed E-state index contributed by atoms with van der Waals surface area (Å²) >= 11 is 16.1. The molecule has 42 heavy (non-hydrogen) atoms. The number of nitrogens with zero attached hydrogens (tertiary/aromatic N) is 1. The van der Waals surface area contributed by atoms with Gasteiger partial charge in [-0.15, -0.1) is 0 Å². The number of methoxy groups -OCH3 is 1. The number of hydrogen-bond donors (Lipinski definition) is 0. The second-order valence-electron chi connectivity index (χ2n) is 13.2. The lowest BCUT2D eigenvalue weighted by Gasteiger charge is -2.49. The van der Waals surface area contributed by atoms with Gasteiger partial charge in [0.1, 0.15) is 12.4 Å². The summed E-state index contributed by atoms with van der Waals surface area (Å²) < 4.78 is 12.3. The van der Waals surface area contributed by atoms with E-state index in [0.717, 1.165) is 57.4 Å². The van der Waals surface area contributed by atoms with E-state index < -0.39 is 5.92 Å². The third-order valence-corrected chi connectivity index (χ3v) is 9.65. The number of rotatable bonds is 8. The van der Waals surface area contributed by atoms with Crippen molar-refractivity contribution in [1.29, 1.82) is 0 Å². The SMILES string of the molecule is COCCCN1C2=C(C(=O)CC(C)(C)C2)C(c2ccc(OCc3ccc(Cl)cc3Cl)c(Br)c2)C2=C1CC(C)(C)CC2=O. The van der Waals surface area contributed by atoms with Gasteiger partial charge in [-0.05, 0) is 75.9 Å². The van der Waals surface area contributed by atoms with Crippen LogP contribution in [0.4, 0.5) is 0 Å². The minimum absolute atomic E-state index is 0.126. The van der Waals surface area contributed by atoms with Crippen molar-refractivity contribution in [2.45, 2.75) is 72.3 Å². The van der Waals surface area contributed by atoms with Crippen LogP contribution in [0.25, 0.3) is 0 Å². The van der Waals surface area contributed by atoms with Crippen molar-refractivity contribution in [3.05, 3.63) is 84.6 Å². The van der Waals surface area contributed by atoms with E-state index in [0.29, 0.717) is 41.8 Å². The van der Waals surface area contributed by atoms with E-state index >= 15 is 0 Å². The Morgan fingerprint density at radius 3 is 2.07 bits per heavy atom. The Kier molecular flexibility index (Phi) is 9.03. The second-order valence-corrected chi connectivity index (χ2v) is 14.9. The fourth-order valence-electron chi connectivity index (χ4n) is 6.63. The van der Waals surface area contributed by atoms with Gasteiger partial charge in [0.05, 0.1) is 4.47 Å². The van der Waals surface area contributed by atoms with Crippen LogP contribution in [0.15, 0.2) is 63.4 Å². The zero-order valence-electron chi connectivity index (χ0n) is 24.9. The minimum Gasteiger partial charge on any atom is -0.488 e. The largest absolute Gasteiger partial charge is 0.488 e. The molecular formula is C34H38BrCl2NO4. The average molecular weight is 675 g/mol. The first-order chi connectivity index (χ1) is 19.8. The summed E-state index contributed by atoms with van der Waals surface area (Å²) in [5, 5.41) is 1.12. The van der Waals surface area contributed by atoms with E-state index in [1.807, 2.05) is 24.3 Å². The van der Waals surface area contributed by atoms with E-state index in [-0.39, 0.29) is 29.0 Å². The number of halogens is 3. The maximum atomic E-state index is 14.0. The molecule has 0 bridgehead atoms. The molecule has 0 amide bonds. The van der Waals surface area contributed by atoms with Gasteiger partial charge in [0.2, 0.25) is 0 Å². The Morgan fingerprint density at radius 1 is 0.905 bits per heavy atom. The third-order valence-electron chi connectivity index (χ3n) is 8.44. The zero-order chi connectivity index (χ0) is 30.4. The molecule has 0 atom stereocenters. The molecule has 5 rings (SSSR count). The second kappa shape index (κ2) is 12.1. The highest BCUT2D eigenvalue weighted by Gasteiger charge is 2.48. The van der Waals surface area contributed by atoms with E-state index in [4.69, 9.17) is 32.7 Å². The summed E-state index contributed by atoms with van der Waals surface area (Å²) in [6.45, 7) is 10.3. The van der Waals surface area contributed by atoms with Crippen molar-refractivity contribution >= 4 is 50.7 Å². The summed E-state index contributed by atoms with van der Waals surface area (Å²) in [7, 11) is 1.71. The van der Waals surface area contributed by atoms with Crippen LogP contribution in [0.2, 0.25) is 10.0 Å². The van der Waals surface area contributed by atoms with E-state index in [2.05, 4.69) is 48.5 Å². The first-order valence-electron chi connectivity index (χ1n) is 14.5. The van der Waals surface area contributed by atoms with Crippen LogP contribution < -0.4 is 4.74 Å². The molecule has 0 unspecified atom stereocenters. The molecule has 3 aliphatic rings. The third kappa shape index (κ3) is 6.38. The maximum Gasteiger partial charge on any atom is 0.162 e. The lowest BCUT2D eigenvalue weighted by molar-refractivity contribution is -0.119. The summed E-state index contributed by atoms with van der Waals surface area (Å²) in [5.74, 6) is 0.497. The number of Topliss-reactive ketones (excluding diaryl/α,β-unsaturated/α-hetero) is 2. The maximum absolute atomic E-state index is 14.0. The van der Waals surface area contributed by atoms with Gasteiger partial charge in [-0.3, -0.25) is 9.59 Å². The van der Waals surface area contributed by atoms with E-state index in [1.165, 1.54) is 0 Å². The van der Waals surface area contributed by atoms with Gasteiger partial charge >= 0.3 is 0 Å². The smallest absolute Gasteiger partial charge is 0.162 e. The molecular weight excluding hydrogens is 637 g/mol. The number of benzene rings is 2. The van der Waals surface area contributed by atoms with Gasteiger partial charge < -0.3 is 14.4 Å². The highest BCUT2D eigenvalue weighted by molar-refractivity contribution is 9.10. The quantitative estimate of drug-likeness (QED) is 0.262. The standard InChI is InChI=1S/C34H38BrCl2NO4/c1-33(2)15-25-31(27(39)17-33)30(32-26(38(25)11-6-12-41-5)16-34(3,4)18-28(32)40)20-8-10-29(23(35)13-20)42-19-21-7-9-22(36)14-24(21)37/h7-10,13-14,30H,6,11-12,15-19H2,1-5H3. The molecule has 5 nitrogen and oxygen atoms in total. The molecule has 8 heteroatoms. The van der Waals surface area contributed by atoms with Gasteiger partial charge in [0.15, 0.2) is 11.6 Å². The van der Waals surface area contributed by atoms with Gasteiger partial charge in [-0.1, -0.05) is 63.0 Å². The number of allylic oxidation sites excluding steroid dienone is 4. The molecule has 0 saturated heterocycles. The Bertz CT molecular complexity index is 1440. The zero-order valence-corrected chi connectivity index (χ0v) is 28.0. The predicted molar refractivity (Wildman–Crippen MR) is 171 cm³/mol. The number of carbonyl (C=O) groups excluding carboxylic acids is 2. The van der Waals surface area contributed by atoms with Crippen LogP contribution in [-0.4, -0.2) is 36.7 Å². The topological polar surface area (TPSA) is 55.8 Å². The first-order valence-corrected chi connectivity index (χ1v) is 16.0. The van der Waals surface area contributed by atoms with Crippen molar-refractivity contribution in [2.75, 3.05) is 20.3 Å². The molecule has 2 aromatic rings. The number of hydrogen-bond acceptors (Lipinski definition) is 5. The summed E-state index contributed by atoms with van der Waals surface area (Å²) in [6.07, 6.45) is 3.30. The molecule has 0 radical (unpaired) electrons. The molecule has 0 saturated carbocycles. The minimum atomic E-state index is -0.406. The highest BCUT2D eigenvalue weighted by atomic mass is 79.9. The Hall–Kier alpha value is -2.12. The molecule has 0 N–H and O–H groups in total. The van der Waals surface area contributed by atoms with Gasteiger partial charge in [-0.25, -0.2) is 0 Å². The molecule has 1 aliphatic heterocycles. The summed E-state index contributed by atoms with van der Waals surface area (Å²) in [6, 6.07) is 11.2. The first kappa shape index (κ1) is 31.3. The monoisotopic (exact) mass is 673 g/mol. The lowest BCUT2D eigenvalue weighted by Crippen LogP contribution is -2.44. The van der Waals surface area contributed by atoms with Crippen LogP contribution in [0.5, 0.6) is 5.75 Å². The fourth-order valence-corrected chi connectivity index (χ4v) is 7.60. The highest BCUT2D eigenvalue weighted by Crippen LogP contribution is 2.54. The van der Waals surface area contributed by atoms with Crippen molar-refractivity contribution < 1.29 is 19.1 Å². The van der Waals surface area contributed by atoms with Gasteiger partial charge in [0, 0.05) is 77.2 Å². The number of ether oxygens (including phenoxy) is 2. The van der Waals surface area contributed by atoms with E-state index in [9.17, 15) is 9.59 Å². The van der Waals surface area contributed by atoms with Crippen molar-refractivity contribution in [3.63, 3.8) is 0 Å². The number of ketones is 2. The van der Waals surface area contributed by atoms with Gasteiger partial charge in [-0.2, -0.15) is 0 Å². The molecule has 224 valence electrons. The molecule has 2 aliphatic carbocycles. The summed E-state index contributed by atoms with van der Waals surface area (Å²) in [5.41, 5.74) is 5.09. The van der Waals surface area contributed by atoms with Crippen LogP contribution >= 0.6 is 39.1 Å². The average Bonchev–Trinajstić information content (AvgIpc) is 2.88.